The molecule has 44 heteroatoms. The summed E-state index contributed by atoms with van der Waals surface area (Å²) in [5, 5.41) is 0. The molecular weight excluding hydrogens is 1190 g/mol. The molecule has 0 unspecified atom stereocenters. The molecule has 0 aliphatic carbocycles. The van der Waals surface area contributed by atoms with Gasteiger partial charge in [0.15, 0.2) is 0 Å². The van der Waals surface area contributed by atoms with Crippen LogP contribution in [0.4, 0.5) is 0 Å². The predicted molar refractivity (Wildman–Crippen MR) is 114 cm³/mol. The van der Waals surface area contributed by atoms with Crippen LogP contribution in [0.15, 0.2) is 0 Å². The van der Waals surface area contributed by atoms with E-state index in [0.29, 0.717) is 0 Å². The van der Waals surface area contributed by atoms with Gasteiger partial charge in [0.05, 0.1) is 0 Å². The third-order valence-corrected chi connectivity index (χ3v) is 0. The van der Waals surface area contributed by atoms with E-state index < -0.39 is 62.6 Å². The molecule has 0 aromatic heterocycles. The summed E-state index contributed by atoms with van der Waals surface area (Å²) in [5.41, 5.74) is 0. The summed E-state index contributed by atoms with van der Waals surface area (Å²) in [5.74, 6) is 0. The molecule has 0 heterocycles. The molecule has 0 aliphatic heterocycles. The van der Waals surface area contributed by atoms with Crippen LogP contribution in [0.5, 0.6) is 0 Å². The summed E-state index contributed by atoms with van der Waals surface area (Å²) in [4.78, 5) is 172. The van der Waals surface area contributed by atoms with Crippen molar-refractivity contribution in [3.8, 4) is 0 Å². The fraction of sp³-hybridized carbons (Fsp3) is 0. The molecule has 0 fully saturated rings. The maximum absolute atomic E-state index is 8.88. The van der Waals surface area contributed by atoms with Gasteiger partial charge in [0, 0.05) is 81.7 Å². The Morgan fingerprint density at radius 2 is 0.159 bits per heavy atom. The van der Waals surface area contributed by atoms with E-state index in [1.54, 1.807) is 0 Å². The van der Waals surface area contributed by atoms with Gasteiger partial charge >= 0.3 is 62.6 Å². The molecular formula is H24O32P8Pd4. The topological polar surface area (TPSA) is 622 Å². The van der Waals surface area contributed by atoms with Crippen LogP contribution in [0.3, 0.4) is 0 Å². The molecule has 0 aliphatic rings. The van der Waals surface area contributed by atoms with Crippen LogP contribution in [0.2, 0.25) is 0 Å². The summed E-state index contributed by atoms with van der Waals surface area (Å²) in [7, 11) is -37.1. The van der Waals surface area contributed by atoms with Crippen molar-refractivity contribution in [3.63, 3.8) is 0 Å². The minimum absolute atomic E-state index is 0. The quantitative estimate of drug-likeness (QED) is 0.0791. The average Bonchev–Trinajstić information content (AvgIpc) is 2.16. The normalized spacial score (nSPS) is 10.7. The summed E-state index contributed by atoms with van der Waals surface area (Å²) in [6.07, 6.45) is 0. The Bertz CT molecular complexity index is 658. The first-order valence-corrected chi connectivity index (χ1v) is 18.8. The molecule has 0 spiro atoms. The number of rotatable bonds is 0. The van der Waals surface area contributed by atoms with Gasteiger partial charge in [-0.05, 0) is 0 Å². The molecule has 32 nitrogen and oxygen atoms in total. The van der Waals surface area contributed by atoms with Crippen molar-refractivity contribution < 1.29 is 236 Å². The van der Waals surface area contributed by atoms with Gasteiger partial charge in [-0.1, -0.05) is 0 Å². The van der Waals surface area contributed by atoms with Crippen molar-refractivity contribution in [1.82, 2.24) is 0 Å². The molecule has 0 saturated carbocycles. The maximum atomic E-state index is 8.88. The molecule has 296 valence electrons. The molecule has 0 bridgehead atoms. The Morgan fingerprint density at radius 1 is 0.159 bits per heavy atom. The van der Waals surface area contributed by atoms with E-state index in [2.05, 4.69) is 0 Å². The first kappa shape index (κ1) is 81.5. The van der Waals surface area contributed by atoms with E-state index in [4.69, 9.17) is 154 Å². The standard InChI is InChI=1S/8H3O4P.4Pd/c8*1-5(2,3)4;;;;/h8*(H3,1,2,3,4);;;;. The first-order valence-electron chi connectivity index (χ1n) is 6.26. The molecule has 0 rings (SSSR count). The average molecular weight is 1210 g/mol. The van der Waals surface area contributed by atoms with Crippen molar-refractivity contribution in [1.29, 1.82) is 0 Å². The van der Waals surface area contributed by atoms with Gasteiger partial charge in [0.1, 0.15) is 0 Å². The summed E-state index contributed by atoms with van der Waals surface area (Å²) in [6, 6.07) is 0. The van der Waals surface area contributed by atoms with Crippen LogP contribution < -0.4 is 0 Å². The Morgan fingerprint density at radius 3 is 0.159 bits per heavy atom. The molecule has 0 atom stereocenters. The van der Waals surface area contributed by atoms with Gasteiger partial charge in [0.25, 0.3) is 0 Å². The van der Waals surface area contributed by atoms with Gasteiger partial charge in [0.2, 0.25) is 0 Å². The monoisotopic (exact) mass is 1210 g/mol. The zero-order valence-electron chi connectivity index (χ0n) is 18.8. The van der Waals surface area contributed by atoms with Gasteiger partial charge in [-0.25, -0.2) is 36.5 Å². The zero-order chi connectivity index (χ0) is 36.0. The van der Waals surface area contributed by atoms with Gasteiger partial charge in [-0.3, -0.25) is 0 Å². The summed E-state index contributed by atoms with van der Waals surface area (Å²) >= 11 is 0. The Hall–Kier alpha value is 3.53. The van der Waals surface area contributed by atoms with Crippen LogP contribution in [-0.4, -0.2) is 117 Å². The number of phosphoric acid groups is 8. The summed E-state index contributed by atoms with van der Waals surface area (Å²) in [6.45, 7) is 0. The van der Waals surface area contributed by atoms with Crippen molar-refractivity contribution in [2.45, 2.75) is 0 Å². The molecule has 44 heavy (non-hydrogen) atoms. The number of hydrogen-bond donors (Lipinski definition) is 24. The van der Waals surface area contributed by atoms with Gasteiger partial charge < -0.3 is 117 Å². The first-order chi connectivity index (χ1) is 16.0. The number of hydrogen-bond acceptors (Lipinski definition) is 8. The SMILES string of the molecule is O=P(O)(O)O.O=P(O)(O)O.O=P(O)(O)O.O=P(O)(O)O.O=P(O)(O)O.O=P(O)(O)O.O=P(O)(O)O.O=P(O)(O)O.[Pd].[Pd].[Pd].[Pd]. The van der Waals surface area contributed by atoms with E-state index in [1.165, 1.54) is 0 Å². The van der Waals surface area contributed by atoms with Crippen LogP contribution in [-0.2, 0) is 118 Å². The van der Waals surface area contributed by atoms with E-state index in [9.17, 15) is 0 Å². The third kappa shape index (κ3) is 7250. The fourth-order valence-corrected chi connectivity index (χ4v) is 0. The molecule has 0 saturated heterocycles. The van der Waals surface area contributed by atoms with Gasteiger partial charge in [-0.15, -0.1) is 0 Å². The van der Waals surface area contributed by atoms with Crippen molar-refractivity contribution in [2.75, 3.05) is 0 Å². The molecule has 0 aromatic carbocycles. The fourth-order valence-electron chi connectivity index (χ4n) is 0. The second kappa shape index (κ2) is 36.3. The van der Waals surface area contributed by atoms with Crippen LogP contribution in [0, 0.1) is 0 Å². The predicted octanol–water partition coefficient (Wildman–Crippen LogP) is -7.44. The van der Waals surface area contributed by atoms with Crippen LogP contribution >= 0.6 is 62.6 Å². The Labute approximate surface area is 296 Å². The summed E-state index contributed by atoms with van der Waals surface area (Å²) < 4.78 is 71.1. The largest absolute Gasteiger partial charge is 0.466 e. The van der Waals surface area contributed by atoms with Crippen LogP contribution in [0.1, 0.15) is 0 Å². The van der Waals surface area contributed by atoms with E-state index in [-0.39, 0.29) is 81.7 Å². The molecule has 0 radical (unpaired) electrons. The maximum Gasteiger partial charge on any atom is 0.466 e. The van der Waals surface area contributed by atoms with E-state index in [0.717, 1.165) is 0 Å². The third-order valence-electron chi connectivity index (χ3n) is 0. The molecule has 0 aromatic rings. The van der Waals surface area contributed by atoms with Crippen molar-refractivity contribution >= 4 is 62.6 Å². The van der Waals surface area contributed by atoms with Crippen molar-refractivity contribution in [3.05, 3.63) is 0 Å². The van der Waals surface area contributed by atoms with E-state index in [1.807, 2.05) is 0 Å². The molecule has 24 N–H and O–H groups in total. The Kier molecular flexibility index (Phi) is 67.3. The Balaban J connectivity index is -0.0000000263. The molecule has 0 amide bonds. The smallest absolute Gasteiger partial charge is 0.303 e. The van der Waals surface area contributed by atoms with Crippen LogP contribution in [0.25, 0.3) is 0 Å². The van der Waals surface area contributed by atoms with Crippen molar-refractivity contribution in [2.24, 2.45) is 0 Å². The minimum atomic E-state index is -4.64. The van der Waals surface area contributed by atoms with E-state index >= 15 is 0 Å². The second-order valence-corrected chi connectivity index (χ2v) is 12.3. The minimum Gasteiger partial charge on any atom is -0.303 e. The second-order valence-electron chi connectivity index (χ2n) is 4.11. The van der Waals surface area contributed by atoms with Gasteiger partial charge in [-0.2, -0.15) is 0 Å². The zero-order valence-corrected chi connectivity index (χ0v) is 32.2.